The van der Waals surface area contributed by atoms with Crippen LogP contribution in [0.5, 0.6) is 0 Å². The van der Waals surface area contributed by atoms with Crippen molar-refractivity contribution in [3.8, 4) is 11.3 Å². The monoisotopic (exact) mass is 645 g/mol. The number of hydrogen-bond acceptors (Lipinski definition) is 9. The van der Waals surface area contributed by atoms with Gasteiger partial charge in [0.1, 0.15) is 23.4 Å². The fourth-order valence-corrected chi connectivity index (χ4v) is 8.16. The molecular formula is C30H36FN5O6S2. The Bertz CT molecular complexity index is 1560. The number of allylic oxidation sites excluding steroid dienone is 1. The Kier molecular flexibility index (Phi) is 8.50. The summed E-state index contributed by atoms with van der Waals surface area (Å²) in [6, 6.07) is 4.21. The maximum absolute atomic E-state index is 14.0. The fraction of sp³-hybridized carbons (Fsp3) is 0.533. The zero-order valence-corrected chi connectivity index (χ0v) is 25.7. The summed E-state index contributed by atoms with van der Waals surface area (Å²) in [4.78, 5) is 47.0. The Morgan fingerprint density at radius 2 is 1.91 bits per heavy atom. The summed E-state index contributed by atoms with van der Waals surface area (Å²) in [5, 5.41) is 18.3. The van der Waals surface area contributed by atoms with E-state index in [2.05, 4.69) is 20.3 Å². The van der Waals surface area contributed by atoms with Gasteiger partial charge in [-0.3, -0.25) is 19.1 Å². The van der Waals surface area contributed by atoms with Gasteiger partial charge in [-0.15, -0.1) is 11.3 Å². The molecule has 4 N–H and O–H groups in total. The number of hydrogen-bond donors (Lipinski definition) is 4. The normalized spacial score (nSPS) is 29.5. The van der Waals surface area contributed by atoms with Crippen LogP contribution in [-0.4, -0.2) is 76.7 Å². The largest absolute Gasteiger partial charge is 0.391 e. The van der Waals surface area contributed by atoms with Crippen LogP contribution < -0.4 is 15.4 Å². The van der Waals surface area contributed by atoms with Crippen LogP contribution >= 0.6 is 11.3 Å². The number of nitrogens with zero attached hydrogens (tertiary/aromatic N) is 2. The third kappa shape index (κ3) is 6.52. The van der Waals surface area contributed by atoms with Gasteiger partial charge in [0.15, 0.2) is 5.13 Å². The summed E-state index contributed by atoms with van der Waals surface area (Å²) >= 11 is 1.31. The van der Waals surface area contributed by atoms with Crippen LogP contribution in [0.1, 0.15) is 57.8 Å². The van der Waals surface area contributed by atoms with Crippen molar-refractivity contribution in [3.05, 3.63) is 47.6 Å². The first-order valence-electron chi connectivity index (χ1n) is 15.1. The van der Waals surface area contributed by atoms with E-state index in [0.717, 1.165) is 31.2 Å². The molecule has 3 fully saturated rings. The van der Waals surface area contributed by atoms with E-state index < -0.39 is 50.8 Å². The smallest absolute Gasteiger partial charge is 0.259 e. The van der Waals surface area contributed by atoms with Gasteiger partial charge in [-0.2, -0.15) is 0 Å². The lowest BCUT2D eigenvalue weighted by Crippen LogP contribution is -2.57. The molecule has 2 aromatic rings. The lowest BCUT2D eigenvalue weighted by Gasteiger charge is -2.30. The molecular weight excluding hydrogens is 609 g/mol. The number of nitrogens with one attached hydrogen (secondary N) is 3. The molecule has 0 spiro atoms. The molecule has 236 valence electrons. The topological polar surface area (TPSA) is 158 Å². The Labute approximate surface area is 259 Å². The molecule has 44 heavy (non-hydrogen) atoms. The highest BCUT2D eigenvalue weighted by atomic mass is 32.2. The van der Waals surface area contributed by atoms with Crippen molar-refractivity contribution in [1.29, 1.82) is 0 Å². The van der Waals surface area contributed by atoms with Crippen molar-refractivity contribution < 1.29 is 32.3 Å². The van der Waals surface area contributed by atoms with Crippen LogP contribution in [0.25, 0.3) is 11.3 Å². The lowest BCUT2D eigenvalue weighted by molar-refractivity contribution is -0.140. The van der Waals surface area contributed by atoms with Gasteiger partial charge in [0.05, 0.1) is 17.0 Å². The summed E-state index contributed by atoms with van der Waals surface area (Å²) in [6.07, 6.45) is 7.75. The summed E-state index contributed by atoms with van der Waals surface area (Å²) in [7, 11) is -3.83. The molecule has 3 amide bonds. The second-order valence-electron chi connectivity index (χ2n) is 12.2. The molecule has 2 aliphatic carbocycles. The number of aromatic nitrogens is 1. The second kappa shape index (κ2) is 12.2. The van der Waals surface area contributed by atoms with E-state index in [4.69, 9.17) is 0 Å². The molecule has 11 nitrogen and oxygen atoms in total. The number of aliphatic hydroxyl groups excluding tert-OH is 1. The molecule has 1 saturated heterocycles. The predicted octanol–water partition coefficient (Wildman–Crippen LogP) is 2.70. The third-order valence-electron chi connectivity index (χ3n) is 8.80. The molecule has 5 atom stereocenters. The predicted molar refractivity (Wildman–Crippen MR) is 162 cm³/mol. The molecule has 3 heterocycles. The molecule has 1 aromatic carbocycles. The average molecular weight is 646 g/mol. The molecule has 14 heteroatoms. The number of benzene rings is 1. The minimum atomic E-state index is -3.83. The van der Waals surface area contributed by atoms with Gasteiger partial charge < -0.3 is 20.6 Å². The summed E-state index contributed by atoms with van der Waals surface area (Å²) < 4.78 is 40.7. The highest BCUT2D eigenvalue weighted by molar-refractivity contribution is 7.91. The highest BCUT2D eigenvalue weighted by Crippen LogP contribution is 2.46. The van der Waals surface area contributed by atoms with Gasteiger partial charge >= 0.3 is 0 Å². The zero-order valence-electron chi connectivity index (χ0n) is 24.1. The SMILES string of the molecule is O=C1N[C@]2(C(=O)NS(=O)(=O)C3CC3)C[C@H]2C=CCCCCC[C@H](Nc2nc(-c3ccc(F)cc3)cs2)C(=O)N2C[C@H](O)C[C@@H]12. The van der Waals surface area contributed by atoms with Gasteiger partial charge in [0, 0.05) is 29.8 Å². The number of aliphatic hydroxyl groups is 1. The van der Waals surface area contributed by atoms with Crippen molar-refractivity contribution in [1.82, 2.24) is 19.9 Å². The van der Waals surface area contributed by atoms with Gasteiger partial charge in [-0.05, 0) is 62.8 Å². The van der Waals surface area contributed by atoms with Crippen LogP contribution in [0, 0.1) is 11.7 Å². The maximum atomic E-state index is 14.0. The number of carbonyl (C=O) groups excluding carboxylic acids is 3. The quantitative estimate of drug-likeness (QED) is 0.350. The first kappa shape index (κ1) is 30.7. The zero-order chi connectivity index (χ0) is 31.1. The van der Waals surface area contributed by atoms with Crippen molar-refractivity contribution in [2.24, 2.45) is 5.92 Å². The number of thiazole rings is 1. The van der Waals surface area contributed by atoms with Crippen LogP contribution in [-0.2, 0) is 24.4 Å². The molecule has 2 saturated carbocycles. The van der Waals surface area contributed by atoms with Gasteiger partial charge in [-0.1, -0.05) is 25.0 Å². The minimum Gasteiger partial charge on any atom is -0.391 e. The number of rotatable bonds is 6. The minimum absolute atomic E-state index is 0.00512. The Morgan fingerprint density at radius 1 is 1.14 bits per heavy atom. The number of sulfonamides is 1. The molecule has 6 rings (SSSR count). The molecule has 0 unspecified atom stereocenters. The first-order valence-corrected chi connectivity index (χ1v) is 17.5. The van der Waals surface area contributed by atoms with Crippen LogP contribution in [0.15, 0.2) is 41.8 Å². The van der Waals surface area contributed by atoms with E-state index in [9.17, 15) is 32.3 Å². The summed E-state index contributed by atoms with van der Waals surface area (Å²) in [6.45, 7) is -0.0492. The van der Waals surface area contributed by atoms with E-state index in [-0.39, 0.29) is 37.0 Å². The van der Waals surface area contributed by atoms with E-state index in [1.54, 1.807) is 12.1 Å². The van der Waals surface area contributed by atoms with Crippen LogP contribution in [0.3, 0.4) is 0 Å². The van der Waals surface area contributed by atoms with Gasteiger partial charge in [0.2, 0.25) is 21.8 Å². The number of halogens is 1. The molecule has 0 radical (unpaired) electrons. The van der Waals surface area contributed by atoms with E-state index >= 15 is 0 Å². The third-order valence-corrected chi connectivity index (χ3v) is 11.4. The molecule has 4 aliphatic rings. The maximum Gasteiger partial charge on any atom is 0.259 e. The first-order chi connectivity index (χ1) is 21.1. The van der Waals surface area contributed by atoms with Gasteiger partial charge in [0.25, 0.3) is 5.91 Å². The fourth-order valence-electron chi connectivity index (χ4n) is 6.02. The number of anilines is 1. The van der Waals surface area contributed by atoms with Crippen LogP contribution in [0.2, 0.25) is 0 Å². The Balaban J connectivity index is 1.23. The lowest BCUT2D eigenvalue weighted by atomic mass is 10.1. The van der Waals surface area contributed by atoms with E-state index in [0.29, 0.717) is 30.1 Å². The molecule has 2 aliphatic heterocycles. The summed E-state index contributed by atoms with van der Waals surface area (Å²) in [5.74, 6) is -2.47. The molecule has 0 bridgehead atoms. The van der Waals surface area contributed by atoms with Gasteiger partial charge in [-0.25, -0.2) is 17.8 Å². The van der Waals surface area contributed by atoms with Crippen LogP contribution in [0.4, 0.5) is 9.52 Å². The Hall–Kier alpha value is -3.36. The van der Waals surface area contributed by atoms with Crippen molar-refractivity contribution in [3.63, 3.8) is 0 Å². The standard InChI is InChI=1S/C30H36FN5O6S2/c31-20-10-8-18(9-11-20)24-17-43-29(33-24)32-23-7-5-3-1-2-4-6-19-15-30(19,28(40)35-44(41,42)22-12-13-22)34-26(38)25-14-21(37)16-36(25)27(23)39/h4,6,8-11,17,19,21-23,25,37H,1-3,5,7,12-16H2,(H,32,33)(H,34,38)(H,35,40)/t19-,21-,23+,25+,30-/m1/s1. The van der Waals surface area contributed by atoms with E-state index in [1.165, 1.54) is 28.4 Å². The number of carbonyl (C=O) groups is 3. The Morgan fingerprint density at radius 3 is 2.66 bits per heavy atom. The summed E-state index contributed by atoms with van der Waals surface area (Å²) in [5.41, 5.74) is -0.0698. The number of fused-ring (bicyclic) bond motifs is 2. The van der Waals surface area contributed by atoms with Crippen molar-refractivity contribution in [2.45, 2.75) is 86.8 Å². The van der Waals surface area contributed by atoms with Crippen molar-refractivity contribution >= 4 is 44.2 Å². The highest BCUT2D eigenvalue weighted by Gasteiger charge is 2.62. The number of amides is 3. The second-order valence-corrected chi connectivity index (χ2v) is 15.0. The van der Waals surface area contributed by atoms with Crippen molar-refractivity contribution in [2.75, 3.05) is 11.9 Å². The van der Waals surface area contributed by atoms with E-state index in [1.807, 2.05) is 17.5 Å². The average Bonchev–Trinajstić information content (AvgIpc) is 3.87. The molecule has 1 aromatic heterocycles.